The van der Waals surface area contributed by atoms with Gasteiger partial charge in [0.1, 0.15) is 0 Å². The number of benzene rings is 1. The van der Waals surface area contributed by atoms with Crippen molar-refractivity contribution in [3.8, 4) is 0 Å². The summed E-state index contributed by atoms with van der Waals surface area (Å²) in [7, 11) is 0. The predicted molar refractivity (Wildman–Crippen MR) is 84.2 cm³/mol. The van der Waals surface area contributed by atoms with E-state index in [9.17, 15) is 9.59 Å². The van der Waals surface area contributed by atoms with E-state index in [1.165, 1.54) is 19.3 Å². The molecule has 1 amide bonds. The van der Waals surface area contributed by atoms with Crippen molar-refractivity contribution in [2.45, 2.75) is 57.9 Å². The van der Waals surface area contributed by atoms with Gasteiger partial charge in [0.05, 0.1) is 0 Å². The summed E-state index contributed by atoms with van der Waals surface area (Å²) in [5.74, 6) is 0.790. The Kier molecular flexibility index (Phi) is 5.97. The minimum absolute atomic E-state index is 0.0922. The summed E-state index contributed by atoms with van der Waals surface area (Å²) < 4.78 is 0. The van der Waals surface area contributed by atoms with Crippen molar-refractivity contribution in [3.05, 3.63) is 35.9 Å². The van der Waals surface area contributed by atoms with Gasteiger partial charge in [-0.3, -0.25) is 9.59 Å². The molecule has 3 heteroatoms. The van der Waals surface area contributed by atoms with E-state index in [1.807, 2.05) is 30.3 Å². The number of carbonyl (C=O) groups excluding carboxylic acids is 2. The third-order valence-electron chi connectivity index (χ3n) is 4.36. The standard InChI is InChI=1S/C18H25NO2/c1-14-8-5-6-11-16(14)19-18(21)13-7-12-17(20)15-9-3-2-4-10-15/h2-4,9-10,14,16H,5-8,11-13H2,1H3,(H,19,21). The summed E-state index contributed by atoms with van der Waals surface area (Å²) in [6.45, 7) is 2.21. The van der Waals surface area contributed by atoms with Crippen LogP contribution in [0.4, 0.5) is 0 Å². The molecule has 1 fully saturated rings. The monoisotopic (exact) mass is 287 g/mol. The number of nitrogens with one attached hydrogen (secondary N) is 1. The highest BCUT2D eigenvalue weighted by Gasteiger charge is 2.22. The Morgan fingerprint density at radius 1 is 1.10 bits per heavy atom. The van der Waals surface area contributed by atoms with Crippen molar-refractivity contribution >= 4 is 11.7 Å². The number of rotatable bonds is 6. The third kappa shape index (κ3) is 5.00. The van der Waals surface area contributed by atoms with Crippen LogP contribution in [0, 0.1) is 5.92 Å². The Balaban J connectivity index is 1.68. The van der Waals surface area contributed by atoms with E-state index in [-0.39, 0.29) is 11.7 Å². The second-order valence-corrected chi connectivity index (χ2v) is 6.08. The summed E-state index contributed by atoms with van der Waals surface area (Å²) in [5.41, 5.74) is 0.735. The normalized spacial score (nSPS) is 21.8. The minimum atomic E-state index is 0.0922. The molecule has 0 spiro atoms. The SMILES string of the molecule is CC1CCCCC1NC(=O)CCCC(=O)c1ccccc1. The first-order valence-corrected chi connectivity index (χ1v) is 8.04. The van der Waals surface area contributed by atoms with Gasteiger partial charge in [0.2, 0.25) is 5.91 Å². The van der Waals surface area contributed by atoms with Gasteiger partial charge in [0.25, 0.3) is 0 Å². The lowest BCUT2D eigenvalue weighted by Gasteiger charge is -2.29. The van der Waals surface area contributed by atoms with Crippen molar-refractivity contribution < 1.29 is 9.59 Å². The highest BCUT2D eigenvalue weighted by atomic mass is 16.1. The van der Waals surface area contributed by atoms with E-state index < -0.39 is 0 Å². The summed E-state index contributed by atoms with van der Waals surface area (Å²) in [6.07, 6.45) is 6.30. The Morgan fingerprint density at radius 3 is 2.52 bits per heavy atom. The molecule has 0 heterocycles. The lowest BCUT2D eigenvalue weighted by molar-refractivity contribution is -0.122. The molecule has 0 saturated heterocycles. The second-order valence-electron chi connectivity index (χ2n) is 6.08. The maximum absolute atomic E-state index is 12.0. The number of hydrogen-bond donors (Lipinski definition) is 1. The Labute approximate surface area is 127 Å². The Hall–Kier alpha value is -1.64. The van der Waals surface area contributed by atoms with Gasteiger partial charge in [-0.2, -0.15) is 0 Å². The van der Waals surface area contributed by atoms with Crippen LogP contribution in [0.25, 0.3) is 0 Å². The number of Topliss-reactive ketones (excluding diaryl/α,β-unsaturated/α-hetero) is 1. The molecule has 0 aliphatic heterocycles. The third-order valence-corrected chi connectivity index (χ3v) is 4.36. The van der Waals surface area contributed by atoms with Crippen LogP contribution in [0.1, 0.15) is 62.2 Å². The van der Waals surface area contributed by atoms with Gasteiger partial charge in [-0.15, -0.1) is 0 Å². The van der Waals surface area contributed by atoms with Gasteiger partial charge < -0.3 is 5.32 Å². The van der Waals surface area contributed by atoms with Gasteiger partial charge in [-0.1, -0.05) is 50.1 Å². The maximum Gasteiger partial charge on any atom is 0.220 e. The molecule has 1 aromatic carbocycles. The average molecular weight is 287 g/mol. The van der Waals surface area contributed by atoms with Crippen LogP contribution in [0.15, 0.2) is 30.3 Å². The largest absolute Gasteiger partial charge is 0.353 e. The second kappa shape index (κ2) is 7.96. The molecule has 0 aromatic heterocycles. The summed E-state index contributed by atoms with van der Waals surface area (Å²) in [5, 5.41) is 3.13. The molecule has 1 aromatic rings. The topological polar surface area (TPSA) is 46.2 Å². The zero-order valence-electron chi connectivity index (χ0n) is 12.8. The summed E-state index contributed by atoms with van der Waals surface area (Å²) >= 11 is 0. The van der Waals surface area contributed by atoms with E-state index in [4.69, 9.17) is 0 Å². The zero-order valence-corrected chi connectivity index (χ0v) is 12.8. The van der Waals surface area contributed by atoms with E-state index in [0.717, 1.165) is 12.0 Å². The van der Waals surface area contributed by atoms with Crippen molar-refractivity contribution in [2.75, 3.05) is 0 Å². The van der Waals surface area contributed by atoms with Crippen LogP contribution in [0.3, 0.4) is 0 Å². The smallest absolute Gasteiger partial charge is 0.220 e. The van der Waals surface area contributed by atoms with Gasteiger partial charge in [-0.05, 0) is 25.2 Å². The van der Waals surface area contributed by atoms with E-state index in [0.29, 0.717) is 31.2 Å². The van der Waals surface area contributed by atoms with Crippen LogP contribution in [0.5, 0.6) is 0 Å². The summed E-state index contributed by atoms with van der Waals surface area (Å²) in [6, 6.07) is 9.61. The number of carbonyl (C=O) groups is 2. The van der Waals surface area contributed by atoms with Crippen molar-refractivity contribution in [1.29, 1.82) is 0 Å². The molecular formula is C18H25NO2. The van der Waals surface area contributed by atoms with Crippen LogP contribution in [-0.4, -0.2) is 17.7 Å². The van der Waals surface area contributed by atoms with Crippen molar-refractivity contribution in [2.24, 2.45) is 5.92 Å². The molecule has 1 N–H and O–H groups in total. The van der Waals surface area contributed by atoms with Gasteiger partial charge >= 0.3 is 0 Å². The first kappa shape index (κ1) is 15.7. The molecule has 2 atom stereocenters. The van der Waals surface area contributed by atoms with E-state index in [1.54, 1.807) is 0 Å². The molecule has 1 aliphatic carbocycles. The van der Waals surface area contributed by atoms with Gasteiger partial charge in [0, 0.05) is 24.4 Å². The molecule has 3 nitrogen and oxygen atoms in total. The Bertz CT molecular complexity index is 469. The fraction of sp³-hybridized carbons (Fsp3) is 0.556. The van der Waals surface area contributed by atoms with Crippen LogP contribution in [-0.2, 0) is 4.79 Å². The maximum atomic E-state index is 12.0. The van der Waals surface area contributed by atoms with Crippen molar-refractivity contribution in [1.82, 2.24) is 5.32 Å². The molecule has 1 aliphatic rings. The predicted octanol–water partition coefficient (Wildman–Crippen LogP) is 3.73. The highest BCUT2D eigenvalue weighted by Crippen LogP contribution is 2.23. The molecule has 2 unspecified atom stereocenters. The number of hydrogen-bond acceptors (Lipinski definition) is 2. The lowest BCUT2D eigenvalue weighted by atomic mass is 9.86. The van der Waals surface area contributed by atoms with E-state index in [2.05, 4.69) is 12.2 Å². The number of ketones is 1. The molecule has 114 valence electrons. The fourth-order valence-electron chi connectivity index (χ4n) is 2.99. The van der Waals surface area contributed by atoms with Crippen LogP contribution >= 0.6 is 0 Å². The first-order chi connectivity index (χ1) is 10.2. The molecule has 0 bridgehead atoms. The minimum Gasteiger partial charge on any atom is -0.353 e. The van der Waals surface area contributed by atoms with Crippen LogP contribution < -0.4 is 5.32 Å². The first-order valence-electron chi connectivity index (χ1n) is 8.04. The molecule has 0 radical (unpaired) electrons. The number of amides is 1. The lowest BCUT2D eigenvalue weighted by Crippen LogP contribution is -2.40. The van der Waals surface area contributed by atoms with Gasteiger partial charge in [-0.25, -0.2) is 0 Å². The molecular weight excluding hydrogens is 262 g/mol. The fourth-order valence-corrected chi connectivity index (χ4v) is 2.99. The summed E-state index contributed by atoms with van der Waals surface area (Å²) in [4.78, 5) is 23.9. The quantitative estimate of drug-likeness (QED) is 0.810. The van der Waals surface area contributed by atoms with E-state index >= 15 is 0 Å². The van der Waals surface area contributed by atoms with Gasteiger partial charge in [0.15, 0.2) is 5.78 Å². The van der Waals surface area contributed by atoms with Crippen molar-refractivity contribution in [3.63, 3.8) is 0 Å². The average Bonchev–Trinajstić information content (AvgIpc) is 2.50. The van der Waals surface area contributed by atoms with Crippen LogP contribution in [0.2, 0.25) is 0 Å². The Morgan fingerprint density at radius 2 is 1.81 bits per heavy atom. The molecule has 2 rings (SSSR count). The molecule has 1 saturated carbocycles. The molecule has 21 heavy (non-hydrogen) atoms. The highest BCUT2D eigenvalue weighted by molar-refractivity contribution is 5.96. The zero-order chi connectivity index (χ0) is 15.1.